The van der Waals surface area contributed by atoms with Crippen molar-refractivity contribution in [3.05, 3.63) is 83.4 Å². The fourth-order valence-electron chi connectivity index (χ4n) is 4.36. The Bertz CT molecular complexity index is 1200. The minimum atomic E-state index is -0.802. The molecule has 0 spiro atoms. The van der Waals surface area contributed by atoms with Gasteiger partial charge in [-0.1, -0.05) is 36.4 Å². The third kappa shape index (κ3) is 5.57. The van der Waals surface area contributed by atoms with Gasteiger partial charge in [0.1, 0.15) is 11.6 Å². The highest BCUT2D eigenvalue weighted by Gasteiger charge is 2.27. The van der Waals surface area contributed by atoms with Gasteiger partial charge in [0.2, 0.25) is 5.91 Å². The number of halogens is 2. The van der Waals surface area contributed by atoms with Gasteiger partial charge in [-0.25, -0.2) is 8.78 Å². The van der Waals surface area contributed by atoms with E-state index >= 15 is 0 Å². The van der Waals surface area contributed by atoms with Crippen LogP contribution < -0.4 is 16.2 Å². The van der Waals surface area contributed by atoms with E-state index in [0.717, 1.165) is 22.9 Å². The number of hydrogen-bond donors (Lipinski definition) is 3. The number of benzene rings is 3. The molecular weight excluding hydrogens is 440 g/mol. The van der Waals surface area contributed by atoms with Crippen LogP contribution in [0.3, 0.4) is 0 Å². The molecule has 3 amide bonds. The molecule has 0 saturated heterocycles. The lowest BCUT2D eigenvalue weighted by molar-refractivity contribution is -0.127. The Kier molecular flexibility index (Phi) is 7.15. The third-order valence-corrected chi connectivity index (χ3v) is 6.23. The zero-order valence-corrected chi connectivity index (χ0v) is 18.4. The van der Waals surface area contributed by atoms with Gasteiger partial charge >= 0.3 is 0 Å². The maximum absolute atomic E-state index is 13.3. The van der Waals surface area contributed by atoms with Crippen molar-refractivity contribution in [1.82, 2.24) is 16.2 Å². The van der Waals surface area contributed by atoms with E-state index in [0.29, 0.717) is 43.9 Å². The van der Waals surface area contributed by atoms with E-state index in [1.807, 2.05) is 30.3 Å². The number of hydrogen-bond acceptors (Lipinski definition) is 3. The maximum atomic E-state index is 13.3. The van der Waals surface area contributed by atoms with E-state index in [4.69, 9.17) is 0 Å². The predicted molar refractivity (Wildman–Crippen MR) is 124 cm³/mol. The highest BCUT2D eigenvalue weighted by Crippen LogP contribution is 2.28. The van der Waals surface area contributed by atoms with E-state index in [9.17, 15) is 23.2 Å². The fourth-order valence-corrected chi connectivity index (χ4v) is 4.36. The molecule has 176 valence electrons. The van der Waals surface area contributed by atoms with Crippen molar-refractivity contribution >= 4 is 28.5 Å². The molecule has 3 aromatic carbocycles. The third-order valence-electron chi connectivity index (χ3n) is 6.23. The molecule has 0 aliphatic heterocycles. The van der Waals surface area contributed by atoms with Crippen LogP contribution >= 0.6 is 0 Å². The summed E-state index contributed by atoms with van der Waals surface area (Å²) >= 11 is 0. The van der Waals surface area contributed by atoms with Crippen molar-refractivity contribution in [3.8, 4) is 0 Å². The first-order chi connectivity index (χ1) is 16.4. The zero-order valence-electron chi connectivity index (χ0n) is 18.4. The average molecular weight is 466 g/mol. The lowest BCUT2D eigenvalue weighted by atomic mass is 9.81. The van der Waals surface area contributed by atoms with Crippen LogP contribution in [0.2, 0.25) is 0 Å². The van der Waals surface area contributed by atoms with Crippen molar-refractivity contribution in [1.29, 1.82) is 0 Å². The van der Waals surface area contributed by atoms with E-state index in [2.05, 4.69) is 16.2 Å². The maximum Gasteiger partial charge on any atom is 0.270 e. The normalized spacial score (nSPS) is 17.7. The molecular formula is C26H25F2N3O3. The molecule has 34 heavy (non-hydrogen) atoms. The highest BCUT2D eigenvalue weighted by molar-refractivity contribution is 6.07. The van der Waals surface area contributed by atoms with E-state index in [1.54, 1.807) is 12.1 Å². The summed E-state index contributed by atoms with van der Waals surface area (Å²) in [6, 6.07) is 15.7. The minimum Gasteiger partial charge on any atom is -0.352 e. The number of amides is 3. The van der Waals surface area contributed by atoms with Gasteiger partial charge in [0.25, 0.3) is 11.8 Å². The standard InChI is InChI=1S/C26H25F2N3O3/c27-20-12-19(13-21(28)14-20)24(32)29-15-16-8-10-18(11-9-16)25(33)30-31-26(34)23-7-3-5-17-4-1-2-6-22(17)23/h1-7,12-14,16,18H,8-11,15H2,(H,29,32)(H,30,33)(H,31,34). The molecule has 0 radical (unpaired) electrons. The molecule has 1 aliphatic carbocycles. The van der Waals surface area contributed by atoms with Crippen molar-refractivity contribution < 1.29 is 23.2 Å². The van der Waals surface area contributed by atoms with Crippen LogP contribution in [0.15, 0.2) is 60.7 Å². The minimum absolute atomic E-state index is 0.0625. The van der Waals surface area contributed by atoms with Gasteiger partial charge in [0.15, 0.2) is 0 Å². The van der Waals surface area contributed by atoms with Gasteiger partial charge in [-0.15, -0.1) is 0 Å². The second kappa shape index (κ2) is 10.4. The molecule has 8 heteroatoms. The summed E-state index contributed by atoms with van der Waals surface area (Å²) in [4.78, 5) is 37.3. The number of nitrogens with one attached hydrogen (secondary N) is 3. The van der Waals surface area contributed by atoms with Crippen LogP contribution in [0.25, 0.3) is 10.8 Å². The van der Waals surface area contributed by atoms with Gasteiger partial charge < -0.3 is 5.32 Å². The van der Waals surface area contributed by atoms with Gasteiger partial charge in [-0.2, -0.15) is 0 Å². The molecule has 1 aliphatic rings. The quantitative estimate of drug-likeness (QED) is 0.496. The van der Waals surface area contributed by atoms with E-state index < -0.39 is 17.5 Å². The summed E-state index contributed by atoms with van der Waals surface area (Å²) in [7, 11) is 0. The van der Waals surface area contributed by atoms with Crippen LogP contribution in [0.5, 0.6) is 0 Å². The lowest BCUT2D eigenvalue weighted by Gasteiger charge is -2.28. The van der Waals surface area contributed by atoms with Crippen LogP contribution in [0, 0.1) is 23.5 Å². The second-order valence-corrected chi connectivity index (χ2v) is 8.56. The number of carbonyl (C=O) groups is 3. The van der Waals surface area contributed by atoms with Crippen LogP contribution in [-0.2, 0) is 4.79 Å². The number of rotatable bonds is 5. The smallest absolute Gasteiger partial charge is 0.270 e. The van der Waals surface area contributed by atoms with Gasteiger partial charge in [0, 0.05) is 29.7 Å². The summed E-state index contributed by atoms with van der Waals surface area (Å²) in [6.07, 6.45) is 2.66. The first-order valence-electron chi connectivity index (χ1n) is 11.2. The van der Waals surface area contributed by atoms with Crippen LogP contribution in [0.4, 0.5) is 8.78 Å². The molecule has 0 bridgehead atoms. The Morgan fingerprint density at radius 1 is 0.794 bits per heavy atom. The Hall–Kier alpha value is -3.81. The van der Waals surface area contributed by atoms with E-state index in [1.165, 1.54) is 0 Å². The lowest BCUT2D eigenvalue weighted by Crippen LogP contribution is -2.45. The van der Waals surface area contributed by atoms with E-state index in [-0.39, 0.29) is 29.2 Å². The molecule has 6 nitrogen and oxygen atoms in total. The first kappa shape index (κ1) is 23.4. The molecule has 0 heterocycles. The average Bonchev–Trinajstić information content (AvgIpc) is 2.85. The van der Waals surface area contributed by atoms with Crippen molar-refractivity contribution in [2.45, 2.75) is 25.7 Å². The first-order valence-corrected chi connectivity index (χ1v) is 11.2. The van der Waals surface area contributed by atoms with Gasteiger partial charge in [-0.05, 0) is 60.6 Å². The molecule has 4 rings (SSSR count). The fraction of sp³-hybridized carbons (Fsp3) is 0.269. The Balaban J connectivity index is 1.23. The summed E-state index contributed by atoms with van der Waals surface area (Å²) < 4.78 is 26.6. The molecule has 3 N–H and O–H groups in total. The summed E-state index contributed by atoms with van der Waals surface area (Å²) in [6.45, 7) is 0.364. The summed E-state index contributed by atoms with van der Waals surface area (Å²) in [5.41, 5.74) is 5.46. The topological polar surface area (TPSA) is 87.3 Å². The number of hydrazine groups is 1. The van der Waals surface area contributed by atoms with Gasteiger partial charge in [0.05, 0.1) is 0 Å². The summed E-state index contributed by atoms with van der Waals surface area (Å²) in [5.74, 6) is -2.83. The molecule has 1 saturated carbocycles. The van der Waals surface area contributed by atoms with Crippen molar-refractivity contribution in [2.24, 2.45) is 11.8 Å². The largest absolute Gasteiger partial charge is 0.352 e. The monoisotopic (exact) mass is 465 g/mol. The van der Waals surface area contributed by atoms with Crippen molar-refractivity contribution in [3.63, 3.8) is 0 Å². The number of carbonyl (C=O) groups excluding carboxylic acids is 3. The molecule has 3 aromatic rings. The van der Waals surface area contributed by atoms with Crippen molar-refractivity contribution in [2.75, 3.05) is 6.54 Å². The Labute approximate surface area is 195 Å². The SMILES string of the molecule is O=C(NCC1CCC(C(=O)NNC(=O)c2cccc3ccccc23)CC1)c1cc(F)cc(F)c1. The second-order valence-electron chi connectivity index (χ2n) is 8.56. The van der Waals surface area contributed by atoms with Crippen LogP contribution in [-0.4, -0.2) is 24.3 Å². The number of fused-ring (bicyclic) bond motifs is 1. The Morgan fingerprint density at radius 2 is 1.47 bits per heavy atom. The highest BCUT2D eigenvalue weighted by atomic mass is 19.1. The van der Waals surface area contributed by atoms with Gasteiger partial charge in [-0.3, -0.25) is 25.2 Å². The molecule has 0 unspecified atom stereocenters. The zero-order chi connectivity index (χ0) is 24.1. The predicted octanol–water partition coefficient (Wildman–Crippen LogP) is 4.12. The molecule has 0 aromatic heterocycles. The molecule has 0 atom stereocenters. The Morgan fingerprint density at radius 3 is 2.21 bits per heavy atom. The summed E-state index contributed by atoms with van der Waals surface area (Å²) in [5, 5.41) is 4.46. The van der Waals surface area contributed by atoms with Crippen LogP contribution in [0.1, 0.15) is 46.4 Å². The molecule has 1 fully saturated rings.